The highest BCUT2D eigenvalue weighted by Crippen LogP contribution is 2.32. The minimum atomic E-state index is 0. The molecule has 0 spiro atoms. The van der Waals surface area contributed by atoms with Crippen molar-refractivity contribution >= 4 is 68.5 Å². The van der Waals surface area contributed by atoms with E-state index < -0.39 is 0 Å². The predicted octanol–water partition coefficient (Wildman–Crippen LogP) is 5.30. The van der Waals surface area contributed by atoms with Crippen LogP contribution < -0.4 is 4.90 Å². The molecule has 1 heterocycles. The zero-order valence-electron chi connectivity index (χ0n) is 17.0. The van der Waals surface area contributed by atoms with Crippen molar-refractivity contribution in [2.75, 3.05) is 44.6 Å². The summed E-state index contributed by atoms with van der Waals surface area (Å²) in [6, 6.07) is 14.5. The summed E-state index contributed by atoms with van der Waals surface area (Å²) >= 11 is 5.01. The third kappa shape index (κ3) is 6.36. The molecule has 156 valence electrons. The van der Waals surface area contributed by atoms with Crippen molar-refractivity contribution in [3.63, 3.8) is 0 Å². The van der Waals surface area contributed by atoms with Crippen LogP contribution in [0.2, 0.25) is 0 Å². The highest BCUT2D eigenvalue weighted by atomic mass is 35.5. The number of carbonyl (C=O) groups is 1. The first-order valence-corrected chi connectivity index (χ1v) is 12.3. The van der Waals surface area contributed by atoms with Crippen molar-refractivity contribution in [3.8, 4) is 0 Å². The molecule has 29 heavy (non-hydrogen) atoms. The van der Waals surface area contributed by atoms with E-state index in [2.05, 4.69) is 41.7 Å². The van der Waals surface area contributed by atoms with E-state index in [-0.39, 0.29) is 18.3 Å². The van der Waals surface area contributed by atoms with Gasteiger partial charge >= 0.3 is 0 Å². The summed E-state index contributed by atoms with van der Waals surface area (Å²) < 4.78 is 1.12. The molecular formula is C21H26ClN3OS3. The van der Waals surface area contributed by atoms with E-state index in [0.29, 0.717) is 13.0 Å². The van der Waals surface area contributed by atoms with Crippen LogP contribution in [-0.2, 0) is 11.2 Å². The zero-order valence-corrected chi connectivity index (χ0v) is 20.3. The Morgan fingerprint density at radius 2 is 1.66 bits per heavy atom. The van der Waals surface area contributed by atoms with E-state index in [0.717, 1.165) is 27.5 Å². The van der Waals surface area contributed by atoms with Gasteiger partial charge < -0.3 is 4.90 Å². The number of halogens is 1. The van der Waals surface area contributed by atoms with Gasteiger partial charge in [-0.05, 0) is 62.5 Å². The number of rotatable bonds is 8. The number of carbonyl (C=O) groups excluding carboxylic acids is 1. The Balaban J connectivity index is 0.00000300. The molecule has 4 nitrogen and oxygen atoms in total. The molecule has 0 aliphatic carbocycles. The largest absolute Gasteiger partial charge is 0.308 e. The van der Waals surface area contributed by atoms with Crippen molar-refractivity contribution in [3.05, 3.63) is 48.0 Å². The highest BCUT2D eigenvalue weighted by molar-refractivity contribution is 7.98. The predicted molar refractivity (Wildman–Crippen MR) is 131 cm³/mol. The monoisotopic (exact) mass is 467 g/mol. The second-order valence-corrected chi connectivity index (χ2v) is 9.47. The Morgan fingerprint density at radius 1 is 1.00 bits per heavy atom. The third-order valence-electron chi connectivity index (χ3n) is 4.40. The van der Waals surface area contributed by atoms with E-state index in [1.165, 1.54) is 9.79 Å². The standard InChI is InChI=1S/C21H25N3OS3.ClH/c1-23(2)11-12-24(20(25)13-15-5-7-16(26-3)8-6-15)21-22-18-10-9-17(27-4)14-19(18)28-21;/h5-10,14H,11-13H2,1-4H3;1H. The Bertz CT molecular complexity index is 944. The van der Waals surface area contributed by atoms with Crippen LogP contribution in [0.1, 0.15) is 5.56 Å². The van der Waals surface area contributed by atoms with Crippen molar-refractivity contribution in [2.24, 2.45) is 0 Å². The van der Waals surface area contributed by atoms with Crippen molar-refractivity contribution < 1.29 is 4.79 Å². The number of nitrogens with zero attached hydrogens (tertiary/aromatic N) is 3. The van der Waals surface area contributed by atoms with Crippen molar-refractivity contribution in [2.45, 2.75) is 16.2 Å². The highest BCUT2D eigenvalue weighted by Gasteiger charge is 2.20. The fourth-order valence-corrected chi connectivity index (χ4v) is 4.75. The number of hydrogen-bond donors (Lipinski definition) is 0. The lowest BCUT2D eigenvalue weighted by molar-refractivity contribution is -0.118. The number of aromatic nitrogens is 1. The summed E-state index contributed by atoms with van der Waals surface area (Å²) in [5, 5.41) is 0.779. The summed E-state index contributed by atoms with van der Waals surface area (Å²) in [5.41, 5.74) is 1.98. The first kappa shape index (κ1) is 24.0. The van der Waals surface area contributed by atoms with Gasteiger partial charge in [-0.25, -0.2) is 4.98 Å². The number of likely N-dealkylation sites (N-methyl/N-ethyl adjacent to an activating group) is 1. The summed E-state index contributed by atoms with van der Waals surface area (Å²) in [6.45, 7) is 1.42. The molecule has 0 bridgehead atoms. The van der Waals surface area contributed by atoms with Crippen LogP contribution in [0.25, 0.3) is 10.2 Å². The molecule has 0 aliphatic heterocycles. The molecule has 0 fully saturated rings. The summed E-state index contributed by atoms with van der Waals surface area (Å²) in [4.78, 5) is 24.2. The molecule has 8 heteroatoms. The lowest BCUT2D eigenvalue weighted by Crippen LogP contribution is -2.37. The second kappa shape index (κ2) is 11.2. The first-order chi connectivity index (χ1) is 13.5. The average Bonchev–Trinajstić information content (AvgIpc) is 3.11. The van der Waals surface area contributed by atoms with Crippen LogP contribution in [0.4, 0.5) is 5.13 Å². The maximum absolute atomic E-state index is 13.1. The number of thiazole rings is 1. The van der Waals surface area contributed by atoms with Gasteiger partial charge in [-0.15, -0.1) is 35.9 Å². The smallest absolute Gasteiger partial charge is 0.233 e. The topological polar surface area (TPSA) is 36.4 Å². The second-order valence-electron chi connectivity index (χ2n) is 6.70. The van der Waals surface area contributed by atoms with Gasteiger partial charge in [-0.3, -0.25) is 9.69 Å². The molecule has 3 aromatic rings. The van der Waals surface area contributed by atoms with E-state index in [1.54, 1.807) is 34.9 Å². The summed E-state index contributed by atoms with van der Waals surface area (Å²) in [5.74, 6) is 0.0860. The molecule has 0 N–H and O–H groups in total. The molecule has 0 unspecified atom stereocenters. The fraction of sp³-hybridized carbons (Fsp3) is 0.333. The van der Waals surface area contributed by atoms with E-state index in [9.17, 15) is 4.79 Å². The molecule has 0 aliphatic rings. The first-order valence-electron chi connectivity index (χ1n) is 9.02. The lowest BCUT2D eigenvalue weighted by atomic mass is 10.1. The van der Waals surface area contributed by atoms with E-state index in [4.69, 9.17) is 4.98 Å². The molecule has 0 saturated carbocycles. The van der Waals surface area contributed by atoms with Crippen LogP contribution in [0.5, 0.6) is 0 Å². The zero-order chi connectivity index (χ0) is 20.1. The van der Waals surface area contributed by atoms with Gasteiger partial charge in [0.15, 0.2) is 5.13 Å². The fourth-order valence-electron chi connectivity index (χ4n) is 2.78. The number of amides is 1. The van der Waals surface area contributed by atoms with Gasteiger partial charge in [-0.2, -0.15) is 0 Å². The minimum Gasteiger partial charge on any atom is -0.308 e. The van der Waals surface area contributed by atoms with Gasteiger partial charge in [0.05, 0.1) is 16.6 Å². The normalized spacial score (nSPS) is 10.9. The summed E-state index contributed by atoms with van der Waals surface area (Å²) in [6.07, 6.45) is 4.51. The molecule has 0 radical (unpaired) electrons. The average molecular weight is 468 g/mol. The van der Waals surface area contributed by atoms with E-state index >= 15 is 0 Å². The Morgan fingerprint density at radius 3 is 2.28 bits per heavy atom. The van der Waals surface area contributed by atoms with Crippen LogP contribution >= 0.6 is 47.3 Å². The SMILES string of the molecule is CSc1ccc(CC(=O)N(CCN(C)C)c2nc3ccc(SC)cc3s2)cc1.Cl. The van der Waals surface area contributed by atoms with Crippen LogP contribution in [-0.4, -0.2) is 55.5 Å². The Hall–Kier alpha value is -1.25. The van der Waals surface area contributed by atoms with Crippen LogP contribution in [0, 0.1) is 0 Å². The third-order valence-corrected chi connectivity index (χ3v) is 6.91. The molecule has 3 rings (SSSR count). The van der Waals surface area contributed by atoms with Gasteiger partial charge in [0, 0.05) is 22.9 Å². The van der Waals surface area contributed by atoms with E-state index in [1.807, 2.05) is 37.2 Å². The Labute approximate surface area is 191 Å². The molecule has 1 amide bonds. The van der Waals surface area contributed by atoms with Crippen molar-refractivity contribution in [1.82, 2.24) is 9.88 Å². The van der Waals surface area contributed by atoms with Crippen LogP contribution in [0.15, 0.2) is 52.3 Å². The summed E-state index contributed by atoms with van der Waals surface area (Å²) in [7, 11) is 4.04. The molecular weight excluding hydrogens is 442 g/mol. The Kier molecular flexibility index (Phi) is 9.30. The van der Waals surface area contributed by atoms with Crippen molar-refractivity contribution in [1.29, 1.82) is 0 Å². The molecule has 2 aromatic carbocycles. The number of thioether (sulfide) groups is 2. The lowest BCUT2D eigenvalue weighted by Gasteiger charge is -2.22. The maximum Gasteiger partial charge on any atom is 0.233 e. The maximum atomic E-state index is 13.1. The van der Waals surface area contributed by atoms with Gasteiger partial charge in [0.25, 0.3) is 0 Å². The van der Waals surface area contributed by atoms with Gasteiger partial charge in [-0.1, -0.05) is 23.5 Å². The number of fused-ring (bicyclic) bond motifs is 1. The molecule has 0 saturated heterocycles. The molecule has 1 aromatic heterocycles. The number of anilines is 1. The quantitative estimate of drug-likeness (QED) is 0.420. The number of benzene rings is 2. The van der Waals surface area contributed by atoms with Gasteiger partial charge in [0.2, 0.25) is 5.91 Å². The molecule has 0 atom stereocenters. The van der Waals surface area contributed by atoms with Crippen LogP contribution in [0.3, 0.4) is 0 Å². The minimum absolute atomic E-state index is 0. The number of hydrogen-bond acceptors (Lipinski definition) is 6. The van der Waals surface area contributed by atoms with Gasteiger partial charge in [0.1, 0.15) is 0 Å².